The number of aromatic nitrogens is 2. The van der Waals surface area contributed by atoms with Crippen molar-refractivity contribution in [2.75, 3.05) is 7.11 Å². The van der Waals surface area contributed by atoms with Crippen LogP contribution in [0.4, 0.5) is 0 Å². The van der Waals surface area contributed by atoms with Crippen LogP contribution in [0.3, 0.4) is 0 Å². The standard InChI is InChI=1S/C11H14N2O.ClH/c1-3-13-10-7-5-4-6-9(10)12-11(13)8-14-2;/h4-7H,3,8H2,1-2H3;1H. The predicted molar refractivity (Wildman–Crippen MR) is 63.4 cm³/mol. The zero-order chi connectivity index (χ0) is 9.97. The van der Waals surface area contributed by atoms with Gasteiger partial charge in [-0.2, -0.15) is 0 Å². The molecule has 3 nitrogen and oxygen atoms in total. The highest BCUT2D eigenvalue weighted by Crippen LogP contribution is 2.15. The highest BCUT2D eigenvalue weighted by Gasteiger charge is 2.07. The number of halogens is 1. The van der Waals surface area contributed by atoms with E-state index in [1.54, 1.807) is 7.11 Å². The van der Waals surface area contributed by atoms with Crippen molar-refractivity contribution in [1.82, 2.24) is 9.55 Å². The van der Waals surface area contributed by atoms with Crippen molar-refractivity contribution < 1.29 is 4.74 Å². The Bertz CT molecular complexity index is 439. The molecular formula is C11H15ClN2O. The zero-order valence-electron chi connectivity index (χ0n) is 8.93. The van der Waals surface area contributed by atoms with Gasteiger partial charge >= 0.3 is 0 Å². The third kappa shape index (κ3) is 2.13. The molecule has 0 aliphatic rings. The van der Waals surface area contributed by atoms with Gasteiger partial charge in [0, 0.05) is 13.7 Å². The average molecular weight is 227 g/mol. The highest BCUT2D eigenvalue weighted by molar-refractivity contribution is 5.85. The summed E-state index contributed by atoms with van der Waals surface area (Å²) in [5.41, 5.74) is 2.23. The Morgan fingerprint density at radius 2 is 2.07 bits per heavy atom. The molecule has 0 atom stereocenters. The topological polar surface area (TPSA) is 27.1 Å². The largest absolute Gasteiger partial charge is 0.377 e. The molecule has 0 N–H and O–H groups in total. The molecule has 0 spiro atoms. The molecule has 0 aliphatic carbocycles. The van der Waals surface area contributed by atoms with E-state index in [0.717, 1.165) is 17.9 Å². The van der Waals surface area contributed by atoms with Gasteiger partial charge in [0.2, 0.25) is 0 Å². The van der Waals surface area contributed by atoms with Crippen LogP contribution < -0.4 is 0 Å². The molecule has 0 saturated heterocycles. The Morgan fingerprint density at radius 1 is 1.33 bits per heavy atom. The van der Waals surface area contributed by atoms with Crippen molar-refractivity contribution in [2.24, 2.45) is 0 Å². The minimum atomic E-state index is 0. The lowest BCUT2D eigenvalue weighted by Gasteiger charge is -2.03. The van der Waals surface area contributed by atoms with Gasteiger partial charge < -0.3 is 9.30 Å². The van der Waals surface area contributed by atoms with Crippen LogP contribution in [0.2, 0.25) is 0 Å². The van der Waals surface area contributed by atoms with Gasteiger partial charge in [-0.15, -0.1) is 12.4 Å². The van der Waals surface area contributed by atoms with Crippen LogP contribution in [-0.2, 0) is 17.9 Å². The van der Waals surface area contributed by atoms with Crippen molar-refractivity contribution in [2.45, 2.75) is 20.1 Å². The molecule has 0 fully saturated rings. The van der Waals surface area contributed by atoms with Gasteiger partial charge in [-0.05, 0) is 19.1 Å². The summed E-state index contributed by atoms with van der Waals surface area (Å²) in [6.07, 6.45) is 0. The van der Waals surface area contributed by atoms with Crippen molar-refractivity contribution in [3.05, 3.63) is 30.1 Å². The minimum Gasteiger partial charge on any atom is -0.377 e. The molecule has 15 heavy (non-hydrogen) atoms. The van der Waals surface area contributed by atoms with E-state index in [9.17, 15) is 0 Å². The van der Waals surface area contributed by atoms with E-state index in [2.05, 4.69) is 22.5 Å². The third-order valence-corrected chi connectivity index (χ3v) is 2.32. The number of aryl methyl sites for hydroxylation is 1. The molecule has 1 aromatic heterocycles. The molecule has 0 bridgehead atoms. The number of benzene rings is 1. The van der Waals surface area contributed by atoms with Gasteiger partial charge in [-0.1, -0.05) is 12.1 Å². The molecule has 82 valence electrons. The van der Waals surface area contributed by atoms with Gasteiger partial charge in [-0.3, -0.25) is 0 Å². The molecule has 2 rings (SSSR count). The summed E-state index contributed by atoms with van der Waals surface area (Å²) in [6, 6.07) is 8.16. The number of rotatable bonds is 3. The Hall–Kier alpha value is -1.06. The van der Waals surface area contributed by atoms with E-state index < -0.39 is 0 Å². The molecular weight excluding hydrogens is 212 g/mol. The predicted octanol–water partition coefficient (Wildman–Crippen LogP) is 2.62. The van der Waals surface area contributed by atoms with Crippen molar-refractivity contribution in [1.29, 1.82) is 0 Å². The Balaban J connectivity index is 0.00000112. The van der Waals surface area contributed by atoms with E-state index in [1.807, 2.05) is 18.2 Å². The second-order valence-electron chi connectivity index (χ2n) is 3.19. The molecule has 4 heteroatoms. The maximum atomic E-state index is 5.12. The van der Waals surface area contributed by atoms with E-state index in [-0.39, 0.29) is 12.4 Å². The van der Waals surface area contributed by atoms with Crippen LogP contribution in [0.1, 0.15) is 12.7 Å². The zero-order valence-corrected chi connectivity index (χ0v) is 9.75. The fourth-order valence-corrected chi connectivity index (χ4v) is 1.72. The summed E-state index contributed by atoms with van der Waals surface area (Å²) >= 11 is 0. The summed E-state index contributed by atoms with van der Waals surface area (Å²) in [4.78, 5) is 4.51. The molecule has 0 radical (unpaired) electrons. The third-order valence-electron chi connectivity index (χ3n) is 2.32. The summed E-state index contributed by atoms with van der Waals surface area (Å²) in [5, 5.41) is 0. The van der Waals surface area contributed by atoms with Gasteiger partial charge in [0.25, 0.3) is 0 Å². The molecule has 2 aromatic rings. The van der Waals surface area contributed by atoms with E-state index >= 15 is 0 Å². The number of hydrogen-bond acceptors (Lipinski definition) is 2. The molecule has 1 aromatic carbocycles. The second-order valence-corrected chi connectivity index (χ2v) is 3.19. The van der Waals surface area contributed by atoms with Crippen LogP contribution in [0.5, 0.6) is 0 Å². The van der Waals surface area contributed by atoms with E-state index in [4.69, 9.17) is 4.74 Å². The number of hydrogen-bond donors (Lipinski definition) is 0. The maximum Gasteiger partial charge on any atom is 0.135 e. The van der Waals surface area contributed by atoms with Crippen LogP contribution in [-0.4, -0.2) is 16.7 Å². The molecule has 0 amide bonds. The maximum absolute atomic E-state index is 5.12. The number of para-hydroxylation sites is 2. The highest BCUT2D eigenvalue weighted by atomic mass is 35.5. The lowest BCUT2D eigenvalue weighted by atomic mass is 10.3. The van der Waals surface area contributed by atoms with Gasteiger partial charge in [0.15, 0.2) is 0 Å². The average Bonchev–Trinajstić information content (AvgIpc) is 2.55. The number of imidazole rings is 1. The summed E-state index contributed by atoms with van der Waals surface area (Å²) in [7, 11) is 1.69. The first-order valence-corrected chi connectivity index (χ1v) is 4.80. The first kappa shape index (κ1) is 12.0. The second kappa shape index (κ2) is 5.14. The van der Waals surface area contributed by atoms with E-state index in [1.165, 1.54) is 5.52 Å². The first-order chi connectivity index (χ1) is 6.86. The molecule has 1 heterocycles. The number of ether oxygens (including phenoxy) is 1. The van der Waals surface area contributed by atoms with Crippen LogP contribution in [0.15, 0.2) is 24.3 Å². The smallest absolute Gasteiger partial charge is 0.135 e. The van der Waals surface area contributed by atoms with Crippen molar-refractivity contribution in [3.63, 3.8) is 0 Å². The number of fused-ring (bicyclic) bond motifs is 1. The number of methoxy groups -OCH3 is 1. The van der Waals surface area contributed by atoms with E-state index in [0.29, 0.717) is 6.61 Å². The SMILES string of the molecule is CCn1c(COC)nc2ccccc21.Cl. The summed E-state index contributed by atoms with van der Waals surface area (Å²) in [5.74, 6) is 0.996. The fourth-order valence-electron chi connectivity index (χ4n) is 1.72. The van der Waals surface area contributed by atoms with Gasteiger partial charge in [0.05, 0.1) is 11.0 Å². The number of nitrogens with zero attached hydrogens (tertiary/aromatic N) is 2. The van der Waals surface area contributed by atoms with Crippen LogP contribution in [0.25, 0.3) is 11.0 Å². The first-order valence-electron chi connectivity index (χ1n) is 4.80. The quantitative estimate of drug-likeness (QED) is 0.805. The lowest BCUT2D eigenvalue weighted by molar-refractivity contribution is 0.175. The van der Waals surface area contributed by atoms with Crippen molar-refractivity contribution in [3.8, 4) is 0 Å². The van der Waals surface area contributed by atoms with Gasteiger partial charge in [0.1, 0.15) is 12.4 Å². The normalized spacial score (nSPS) is 10.3. The summed E-state index contributed by atoms with van der Waals surface area (Å²) in [6.45, 7) is 3.62. The Kier molecular flexibility index (Phi) is 4.12. The minimum absolute atomic E-state index is 0. The van der Waals surface area contributed by atoms with Crippen molar-refractivity contribution >= 4 is 23.4 Å². The molecule has 0 saturated carbocycles. The lowest BCUT2D eigenvalue weighted by Crippen LogP contribution is -2.02. The summed E-state index contributed by atoms with van der Waals surface area (Å²) < 4.78 is 7.30. The Morgan fingerprint density at radius 3 is 2.73 bits per heavy atom. The van der Waals surface area contributed by atoms with Crippen LogP contribution in [0, 0.1) is 0 Å². The fraction of sp³-hybridized carbons (Fsp3) is 0.364. The molecule has 0 unspecified atom stereocenters. The van der Waals surface area contributed by atoms with Gasteiger partial charge in [-0.25, -0.2) is 4.98 Å². The Labute approximate surface area is 95.5 Å². The van der Waals surface area contributed by atoms with Crippen LogP contribution >= 0.6 is 12.4 Å². The molecule has 0 aliphatic heterocycles. The monoisotopic (exact) mass is 226 g/mol.